The summed E-state index contributed by atoms with van der Waals surface area (Å²) in [4.78, 5) is 12.0. The van der Waals surface area contributed by atoms with Crippen LogP contribution in [-0.2, 0) is 0 Å². The summed E-state index contributed by atoms with van der Waals surface area (Å²) in [6.45, 7) is 1.96. The maximum atomic E-state index is 13.6. The standard InChI is InChI=1S/C15H17F3N2O/c16-12-4-3-11(13(17)14(12)18)15(21)20-10-2-1-8-6-19-7-9(8)5-10/h3-4,8-10,19H,1-2,5-7H2,(H,20,21)/t8-,9+,10?/m0/s1. The van der Waals surface area contributed by atoms with Crippen molar-refractivity contribution >= 4 is 5.91 Å². The number of benzene rings is 1. The van der Waals surface area contributed by atoms with Crippen LogP contribution in [0.1, 0.15) is 29.6 Å². The molecular formula is C15H17F3N2O. The molecule has 2 fully saturated rings. The first-order valence-electron chi connectivity index (χ1n) is 7.21. The van der Waals surface area contributed by atoms with E-state index in [9.17, 15) is 18.0 Å². The van der Waals surface area contributed by atoms with Gasteiger partial charge in [0, 0.05) is 6.04 Å². The molecule has 0 bridgehead atoms. The fourth-order valence-corrected chi connectivity index (χ4v) is 3.40. The smallest absolute Gasteiger partial charge is 0.254 e. The van der Waals surface area contributed by atoms with E-state index in [1.807, 2.05) is 0 Å². The highest BCUT2D eigenvalue weighted by Gasteiger charge is 2.34. The lowest BCUT2D eigenvalue weighted by Crippen LogP contribution is -2.41. The SMILES string of the molecule is O=C(NC1CC[C@H]2CNC[C@H]2C1)c1ccc(F)c(F)c1F. The zero-order chi connectivity index (χ0) is 15.0. The van der Waals surface area contributed by atoms with E-state index in [1.54, 1.807) is 0 Å². The molecule has 3 atom stereocenters. The van der Waals surface area contributed by atoms with Crippen molar-refractivity contribution in [1.29, 1.82) is 0 Å². The molecule has 3 nitrogen and oxygen atoms in total. The Kier molecular flexibility index (Phi) is 3.89. The first-order valence-corrected chi connectivity index (χ1v) is 7.21. The Hall–Kier alpha value is -1.56. The largest absolute Gasteiger partial charge is 0.349 e. The van der Waals surface area contributed by atoms with Gasteiger partial charge in [0.1, 0.15) is 0 Å². The zero-order valence-electron chi connectivity index (χ0n) is 11.5. The molecule has 0 radical (unpaired) electrons. The Morgan fingerprint density at radius 1 is 1.10 bits per heavy atom. The number of halogens is 3. The Balaban J connectivity index is 1.68. The van der Waals surface area contributed by atoms with Gasteiger partial charge in [-0.2, -0.15) is 0 Å². The highest BCUT2D eigenvalue weighted by molar-refractivity contribution is 5.94. The van der Waals surface area contributed by atoms with E-state index < -0.39 is 28.9 Å². The minimum Gasteiger partial charge on any atom is -0.349 e. The molecule has 1 aromatic rings. The summed E-state index contributed by atoms with van der Waals surface area (Å²) in [6.07, 6.45) is 2.69. The van der Waals surface area contributed by atoms with Crippen molar-refractivity contribution in [2.75, 3.05) is 13.1 Å². The van der Waals surface area contributed by atoms with Gasteiger partial charge in [-0.05, 0) is 56.3 Å². The molecule has 1 aliphatic carbocycles. The molecule has 1 saturated heterocycles. The van der Waals surface area contributed by atoms with Crippen LogP contribution < -0.4 is 10.6 Å². The molecule has 1 aliphatic heterocycles. The quantitative estimate of drug-likeness (QED) is 0.822. The molecule has 114 valence electrons. The lowest BCUT2D eigenvalue weighted by Gasteiger charge is -2.31. The van der Waals surface area contributed by atoms with E-state index in [1.165, 1.54) is 0 Å². The monoisotopic (exact) mass is 298 g/mol. The van der Waals surface area contributed by atoms with Gasteiger partial charge < -0.3 is 10.6 Å². The van der Waals surface area contributed by atoms with Gasteiger partial charge in [0.05, 0.1) is 5.56 Å². The van der Waals surface area contributed by atoms with Crippen LogP contribution in [0.5, 0.6) is 0 Å². The van der Waals surface area contributed by atoms with Crippen molar-refractivity contribution in [3.05, 3.63) is 35.1 Å². The van der Waals surface area contributed by atoms with E-state index in [0.29, 0.717) is 11.8 Å². The Bertz CT molecular complexity index is 564. The summed E-state index contributed by atoms with van der Waals surface area (Å²) in [5.41, 5.74) is -0.444. The number of hydrogen-bond donors (Lipinski definition) is 2. The fourth-order valence-electron chi connectivity index (χ4n) is 3.40. The molecule has 1 aromatic carbocycles. The van der Waals surface area contributed by atoms with Crippen LogP contribution >= 0.6 is 0 Å². The van der Waals surface area contributed by atoms with Crippen molar-refractivity contribution in [2.24, 2.45) is 11.8 Å². The first-order chi connectivity index (χ1) is 10.1. The van der Waals surface area contributed by atoms with E-state index in [2.05, 4.69) is 10.6 Å². The van der Waals surface area contributed by atoms with Crippen molar-refractivity contribution < 1.29 is 18.0 Å². The van der Waals surface area contributed by atoms with Gasteiger partial charge in [-0.25, -0.2) is 13.2 Å². The van der Waals surface area contributed by atoms with Gasteiger partial charge >= 0.3 is 0 Å². The van der Waals surface area contributed by atoms with Gasteiger partial charge in [-0.15, -0.1) is 0 Å². The topological polar surface area (TPSA) is 41.1 Å². The van der Waals surface area contributed by atoms with Crippen LogP contribution in [0.15, 0.2) is 12.1 Å². The number of hydrogen-bond acceptors (Lipinski definition) is 2. The number of rotatable bonds is 2. The molecule has 1 unspecified atom stereocenters. The molecule has 2 aliphatic rings. The maximum absolute atomic E-state index is 13.6. The van der Waals surface area contributed by atoms with E-state index in [0.717, 1.165) is 44.5 Å². The molecule has 3 rings (SSSR count). The summed E-state index contributed by atoms with van der Waals surface area (Å²) >= 11 is 0. The molecule has 2 N–H and O–H groups in total. The van der Waals surface area contributed by atoms with Crippen LogP contribution in [0, 0.1) is 29.3 Å². The second-order valence-electron chi connectivity index (χ2n) is 5.88. The molecule has 1 heterocycles. The van der Waals surface area contributed by atoms with Crippen LogP contribution in [0.25, 0.3) is 0 Å². The average Bonchev–Trinajstić information content (AvgIpc) is 2.92. The van der Waals surface area contributed by atoms with Crippen molar-refractivity contribution in [1.82, 2.24) is 10.6 Å². The number of fused-ring (bicyclic) bond motifs is 1. The van der Waals surface area contributed by atoms with Gasteiger partial charge in [0.15, 0.2) is 17.5 Å². The van der Waals surface area contributed by atoms with Crippen LogP contribution in [0.2, 0.25) is 0 Å². The summed E-state index contributed by atoms with van der Waals surface area (Å²) in [6, 6.07) is 1.71. The minimum absolute atomic E-state index is 0.0360. The third kappa shape index (κ3) is 2.77. The molecule has 1 saturated carbocycles. The van der Waals surface area contributed by atoms with Crippen molar-refractivity contribution in [3.63, 3.8) is 0 Å². The first kappa shape index (κ1) is 14.4. The van der Waals surface area contributed by atoms with E-state index >= 15 is 0 Å². The predicted molar refractivity (Wildman–Crippen MR) is 71.3 cm³/mol. The highest BCUT2D eigenvalue weighted by Crippen LogP contribution is 2.32. The third-order valence-electron chi connectivity index (χ3n) is 4.57. The number of amides is 1. The minimum atomic E-state index is -1.61. The Morgan fingerprint density at radius 3 is 2.67 bits per heavy atom. The van der Waals surface area contributed by atoms with Gasteiger partial charge in [0.2, 0.25) is 0 Å². The van der Waals surface area contributed by atoms with Crippen LogP contribution in [0.4, 0.5) is 13.2 Å². The van der Waals surface area contributed by atoms with E-state index in [-0.39, 0.29) is 6.04 Å². The summed E-state index contributed by atoms with van der Waals surface area (Å²) in [7, 11) is 0. The van der Waals surface area contributed by atoms with Gasteiger partial charge in [-0.3, -0.25) is 4.79 Å². The van der Waals surface area contributed by atoms with E-state index in [4.69, 9.17) is 0 Å². The maximum Gasteiger partial charge on any atom is 0.254 e. The molecule has 0 aromatic heterocycles. The lowest BCUT2D eigenvalue weighted by molar-refractivity contribution is 0.0908. The summed E-state index contributed by atoms with van der Waals surface area (Å²) in [5.74, 6) is -3.82. The van der Waals surface area contributed by atoms with Crippen LogP contribution in [0.3, 0.4) is 0 Å². The molecule has 21 heavy (non-hydrogen) atoms. The fraction of sp³-hybridized carbons (Fsp3) is 0.533. The third-order valence-corrected chi connectivity index (χ3v) is 4.57. The molecule has 6 heteroatoms. The van der Waals surface area contributed by atoms with Crippen LogP contribution in [-0.4, -0.2) is 25.0 Å². The molecular weight excluding hydrogens is 281 g/mol. The normalized spacial score (nSPS) is 28.2. The van der Waals surface area contributed by atoms with Crippen molar-refractivity contribution in [2.45, 2.75) is 25.3 Å². The molecule has 1 amide bonds. The zero-order valence-corrected chi connectivity index (χ0v) is 11.5. The highest BCUT2D eigenvalue weighted by atomic mass is 19.2. The number of carbonyl (C=O) groups excluding carboxylic acids is 1. The molecule has 0 spiro atoms. The Morgan fingerprint density at radius 2 is 1.86 bits per heavy atom. The number of nitrogens with one attached hydrogen (secondary N) is 2. The average molecular weight is 298 g/mol. The second kappa shape index (κ2) is 5.67. The summed E-state index contributed by atoms with van der Waals surface area (Å²) < 4.78 is 39.6. The van der Waals surface area contributed by atoms with Gasteiger partial charge in [0.25, 0.3) is 5.91 Å². The Labute approximate surface area is 120 Å². The predicted octanol–water partition coefficient (Wildman–Crippen LogP) is 2.22. The number of carbonyl (C=O) groups is 1. The van der Waals surface area contributed by atoms with Crippen molar-refractivity contribution in [3.8, 4) is 0 Å². The second-order valence-corrected chi connectivity index (χ2v) is 5.88. The lowest BCUT2D eigenvalue weighted by atomic mass is 9.79. The summed E-state index contributed by atoms with van der Waals surface area (Å²) in [5, 5.41) is 6.07. The van der Waals surface area contributed by atoms with Gasteiger partial charge in [-0.1, -0.05) is 0 Å².